The SMILES string of the molecule is CC1CN(C(=O)c2ccc([N+](=O)[O-])c(NN)c2)CCN1C. The number of hydrogen-bond acceptors (Lipinski definition) is 6. The van der Waals surface area contributed by atoms with Crippen LogP contribution < -0.4 is 11.3 Å². The van der Waals surface area contributed by atoms with E-state index in [1.54, 1.807) is 4.90 Å². The molecule has 1 amide bonds. The van der Waals surface area contributed by atoms with Crippen molar-refractivity contribution < 1.29 is 9.72 Å². The monoisotopic (exact) mass is 293 g/mol. The molecule has 8 heteroatoms. The highest BCUT2D eigenvalue weighted by Gasteiger charge is 2.26. The van der Waals surface area contributed by atoms with Gasteiger partial charge in [0.2, 0.25) is 0 Å². The van der Waals surface area contributed by atoms with Gasteiger partial charge in [-0.25, -0.2) is 0 Å². The number of likely N-dealkylation sites (N-methyl/N-ethyl adjacent to an activating group) is 1. The van der Waals surface area contributed by atoms with Gasteiger partial charge < -0.3 is 15.2 Å². The highest BCUT2D eigenvalue weighted by molar-refractivity contribution is 5.96. The van der Waals surface area contributed by atoms with Crippen LogP contribution in [-0.4, -0.2) is 53.4 Å². The number of benzene rings is 1. The topological polar surface area (TPSA) is 105 Å². The molecule has 0 spiro atoms. The number of rotatable bonds is 3. The molecule has 1 aliphatic rings. The molecule has 1 heterocycles. The molecular formula is C13H19N5O3. The third-order valence-electron chi connectivity index (χ3n) is 3.84. The lowest BCUT2D eigenvalue weighted by Gasteiger charge is -2.37. The maximum Gasteiger partial charge on any atom is 0.293 e. The molecule has 1 aromatic carbocycles. The summed E-state index contributed by atoms with van der Waals surface area (Å²) >= 11 is 0. The second kappa shape index (κ2) is 6.06. The van der Waals surface area contributed by atoms with Crippen LogP contribution in [0.2, 0.25) is 0 Å². The first-order valence-corrected chi connectivity index (χ1v) is 6.68. The van der Waals surface area contributed by atoms with Crippen molar-refractivity contribution in [1.29, 1.82) is 0 Å². The van der Waals surface area contributed by atoms with E-state index in [-0.39, 0.29) is 23.3 Å². The molecule has 21 heavy (non-hydrogen) atoms. The van der Waals surface area contributed by atoms with Crippen LogP contribution in [0.5, 0.6) is 0 Å². The average molecular weight is 293 g/mol. The van der Waals surface area contributed by atoms with Crippen LogP contribution >= 0.6 is 0 Å². The fraction of sp³-hybridized carbons (Fsp3) is 0.462. The Bertz CT molecular complexity index is 563. The molecule has 8 nitrogen and oxygen atoms in total. The summed E-state index contributed by atoms with van der Waals surface area (Å²) in [5.41, 5.74) is 2.64. The van der Waals surface area contributed by atoms with Gasteiger partial charge in [0.25, 0.3) is 11.6 Å². The van der Waals surface area contributed by atoms with Gasteiger partial charge in [0.15, 0.2) is 0 Å². The Labute approximate surface area is 122 Å². The van der Waals surface area contributed by atoms with Gasteiger partial charge in [-0.05, 0) is 26.1 Å². The highest BCUT2D eigenvalue weighted by atomic mass is 16.6. The van der Waals surface area contributed by atoms with E-state index in [2.05, 4.69) is 17.2 Å². The van der Waals surface area contributed by atoms with Crippen molar-refractivity contribution >= 4 is 17.3 Å². The highest BCUT2D eigenvalue weighted by Crippen LogP contribution is 2.25. The number of nitrogens with one attached hydrogen (secondary N) is 1. The minimum Gasteiger partial charge on any atom is -0.336 e. The van der Waals surface area contributed by atoms with E-state index in [9.17, 15) is 14.9 Å². The van der Waals surface area contributed by atoms with Crippen molar-refractivity contribution in [1.82, 2.24) is 9.80 Å². The summed E-state index contributed by atoms with van der Waals surface area (Å²) < 4.78 is 0. The lowest BCUT2D eigenvalue weighted by molar-refractivity contribution is -0.384. The standard InChI is InChI=1S/C13H19N5O3/c1-9-8-17(6-5-16(9)2)13(19)10-3-4-12(18(20)21)11(7-10)15-14/h3-4,7,9,15H,5-6,8,14H2,1-2H3. The maximum absolute atomic E-state index is 12.5. The van der Waals surface area contributed by atoms with E-state index in [1.807, 2.05) is 7.05 Å². The Hall–Kier alpha value is -2.19. The Morgan fingerprint density at radius 1 is 1.48 bits per heavy atom. The number of hydrazine groups is 1. The third kappa shape index (κ3) is 3.11. The summed E-state index contributed by atoms with van der Waals surface area (Å²) in [6.45, 7) is 4.14. The first-order valence-electron chi connectivity index (χ1n) is 6.68. The fourth-order valence-corrected chi connectivity index (χ4v) is 2.36. The lowest BCUT2D eigenvalue weighted by Crippen LogP contribution is -2.52. The molecule has 0 radical (unpaired) electrons. The van der Waals surface area contributed by atoms with E-state index < -0.39 is 4.92 Å². The summed E-state index contributed by atoms with van der Waals surface area (Å²) in [5.74, 6) is 5.15. The normalized spacial score (nSPS) is 19.4. The van der Waals surface area contributed by atoms with Crippen molar-refractivity contribution in [2.45, 2.75) is 13.0 Å². The van der Waals surface area contributed by atoms with Crippen LogP contribution in [0, 0.1) is 10.1 Å². The molecule has 1 aromatic rings. The lowest BCUT2D eigenvalue weighted by atomic mass is 10.1. The molecule has 0 bridgehead atoms. The number of nitrogens with two attached hydrogens (primary N) is 1. The number of nitro groups is 1. The van der Waals surface area contributed by atoms with Gasteiger partial charge >= 0.3 is 0 Å². The molecule has 1 atom stereocenters. The number of hydrogen-bond donors (Lipinski definition) is 2. The number of nitrogen functional groups attached to an aromatic ring is 1. The van der Waals surface area contributed by atoms with E-state index >= 15 is 0 Å². The molecule has 1 unspecified atom stereocenters. The molecule has 2 rings (SSSR count). The number of nitro benzene ring substituents is 1. The Morgan fingerprint density at radius 3 is 2.76 bits per heavy atom. The molecule has 0 aromatic heterocycles. The zero-order chi connectivity index (χ0) is 15.6. The summed E-state index contributed by atoms with van der Waals surface area (Å²) in [4.78, 5) is 26.7. The number of nitrogens with zero attached hydrogens (tertiary/aromatic N) is 3. The predicted octanol–water partition coefficient (Wildman–Crippen LogP) is 0.656. The van der Waals surface area contributed by atoms with E-state index in [1.165, 1.54) is 18.2 Å². The van der Waals surface area contributed by atoms with Gasteiger partial charge in [-0.2, -0.15) is 0 Å². The molecule has 114 valence electrons. The smallest absolute Gasteiger partial charge is 0.293 e. The largest absolute Gasteiger partial charge is 0.336 e. The van der Waals surface area contributed by atoms with Crippen molar-refractivity contribution in [2.75, 3.05) is 32.1 Å². The van der Waals surface area contributed by atoms with Gasteiger partial charge in [-0.15, -0.1) is 0 Å². The van der Waals surface area contributed by atoms with Crippen molar-refractivity contribution in [3.63, 3.8) is 0 Å². The van der Waals surface area contributed by atoms with Crippen LogP contribution in [0.15, 0.2) is 18.2 Å². The van der Waals surface area contributed by atoms with Gasteiger partial charge in [0, 0.05) is 37.3 Å². The number of carbonyl (C=O) groups excluding carboxylic acids is 1. The Kier molecular flexibility index (Phi) is 4.39. The van der Waals surface area contributed by atoms with Crippen LogP contribution in [0.25, 0.3) is 0 Å². The average Bonchev–Trinajstić information content (AvgIpc) is 2.48. The summed E-state index contributed by atoms with van der Waals surface area (Å²) in [6, 6.07) is 4.46. The van der Waals surface area contributed by atoms with Gasteiger partial charge in [0.05, 0.1) is 4.92 Å². The summed E-state index contributed by atoms with van der Waals surface area (Å²) in [7, 11) is 2.02. The molecule has 3 N–H and O–H groups in total. The molecule has 1 saturated heterocycles. The van der Waals surface area contributed by atoms with Crippen molar-refractivity contribution in [2.24, 2.45) is 5.84 Å². The van der Waals surface area contributed by atoms with Gasteiger partial charge in [0.1, 0.15) is 5.69 Å². The van der Waals surface area contributed by atoms with Crippen LogP contribution in [0.4, 0.5) is 11.4 Å². The fourth-order valence-electron chi connectivity index (χ4n) is 2.36. The minimum absolute atomic E-state index is 0.132. The third-order valence-corrected chi connectivity index (χ3v) is 3.84. The Morgan fingerprint density at radius 2 is 2.19 bits per heavy atom. The molecular weight excluding hydrogens is 274 g/mol. The van der Waals surface area contributed by atoms with E-state index in [4.69, 9.17) is 5.84 Å². The zero-order valence-corrected chi connectivity index (χ0v) is 12.1. The zero-order valence-electron chi connectivity index (χ0n) is 12.1. The quantitative estimate of drug-likeness (QED) is 0.482. The number of anilines is 1. The summed E-state index contributed by atoms with van der Waals surface area (Å²) in [6.07, 6.45) is 0. The molecule has 1 fully saturated rings. The Balaban J connectivity index is 2.22. The van der Waals surface area contributed by atoms with Gasteiger partial charge in [-0.3, -0.25) is 20.8 Å². The molecule has 1 aliphatic heterocycles. The maximum atomic E-state index is 12.5. The van der Waals surface area contributed by atoms with E-state index in [0.29, 0.717) is 18.7 Å². The molecule has 0 saturated carbocycles. The van der Waals surface area contributed by atoms with E-state index in [0.717, 1.165) is 6.54 Å². The van der Waals surface area contributed by atoms with Crippen LogP contribution in [0.1, 0.15) is 17.3 Å². The number of carbonyl (C=O) groups is 1. The number of piperazine rings is 1. The predicted molar refractivity (Wildman–Crippen MR) is 78.9 cm³/mol. The first kappa shape index (κ1) is 15.2. The second-order valence-corrected chi connectivity index (χ2v) is 5.21. The van der Waals surface area contributed by atoms with Gasteiger partial charge in [-0.1, -0.05) is 0 Å². The first-order chi connectivity index (χ1) is 9.93. The second-order valence-electron chi connectivity index (χ2n) is 5.21. The number of amides is 1. The molecule has 0 aliphatic carbocycles. The summed E-state index contributed by atoms with van der Waals surface area (Å²) in [5, 5.41) is 10.9. The van der Waals surface area contributed by atoms with Crippen LogP contribution in [-0.2, 0) is 0 Å². The van der Waals surface area contributed by atoms with Crippen molar-refractivity contribution in [3.05, 3.63) is 33.9 Å². The minimum atomic E-state index is -0.540. The van der Waals surface area contributed by atoms with Crippen LogP contribution in [0.3, 0.4) is 0 Å². The van der Waals surface area contributed by atoms with Crippen molar-refractivity contribution in [3.8, 4) is 0 Å².